The Labute approximate surface area is 133 Å². The fourth-order valence-electron chi connectivity index (χ4n) is 1.93. The van der Waals surface area contributed by atoms with E-state index in [2.05, 4.69) is 4.72 Å². The maximum Gasteiger partial charge on any atom is 0.216 e. The molecule has 0 saturated heterocycles. The molecule has 4 nitrogen and oxygen atoms in total. The van der Waals surface area contributed by atoms with Crippen LogP contribution >= 0.6 is 11.6 Å². The van der Waals surface area contributed by atoms with E-state index < -0.39 is 15.8 Å². The molecule has 0 atom stereocenters. The number of benzene rings is 2. The zero-order chi connectivity index (χ0) is 16.2. The van der Waals surface area contributed by atoms with Gasteiger partial charge in [-0.2, -0.15) is 0 Å². The predicted molar refractivity (Wildman–Crippen MR) is 83.2 cm³/mol. The second kappa shape index (κ2) is 7.19. The molecule has 0 fully saturated rings. The zero-order valence-corrected chi connectivity index (χ0v) is 13.2. The van der Waals surface area contributed by atoms with Crippen molar-refractivity contribution in [3.05, 3.63) is 70.0 Å². The van der Waals surface area contributed by atoms with Gasteiger partial charge in [0, 0.05) is 6.54 Å². The third-order valence-corrected chi connectivity index (χ3v) is 4.60. The Balaban J connectivity index is 2.02. The first-order valence-corrected chi connectivity index (χ1v) is 8.52. The minimum absolute atomic E-state index is 0.103. The van der Waals surface area contributed by atoms with Crippen molar-refractivity contribution in [3.8, 4) is 0 Å². The Hall–Kier alpha value is -1.47. The van der Waals surface area contributed by atoms with Crippen LogP contribution in [0.15, 0.2) is 42.5 Å². The maximum absolute atomic E-state index is 13.1. The molecular formula is C15H15ClFNO3S. The van der Waals surface area contributed by atoms with E-state index in [9.17, 15) is 12.8 Å². The van der Waals surface area contributed by atoms with E-state index in [0.29, 0.717) is 11.1 Å². The van der Waals surface area contributed by atoms with Crippen LogP contribution in [0.2, 0.25) is 5.02 Å². The highest BCUT2D eigenvalue weighted by molar-refractivity contribution is 7.88. The third kappa shape index (κ3) is 4.78. The van der Waals surface area contributed by atoms with Gasteiger partial charge in [-0.3, -0.25) is 0 Å². The van der Waals surface area contributed by atoms with Gasteiger partial charge in [-0.05, 0) is 28.8 Å². The normalized spacial score (nSPS) is 11.6. The van der Waals surface area contributed by atoms with Gasteiger partial charge in [-0.25, -0.2) is 17.5 Å². The monoisotopic (exact) mass is 343 g/mol. The molecule has 2 aromatic carbocycles. The number of nitrogens with one attached hydrogen (secondary N) is 1. The molecule has 118 valence electrons. The van der Waals surface area contributed by atoms with E-state index in [1.807, 2.05) is 0 Å². The van der Waals surface area contributed by atoms with Gasteiger partial charge < -0.3 is 5.11 Å². The molecule has 2 aromatic rings. The minimum Gasteiger partial charge on any atom is -0.392 e. The lowest BCUT2D eigenvalue weighted by Crippen LogP contribution is -2.24. The third-order valence-electron chi connectivity index (χ3n) is 3.01. The quantitative estimate of drug-likeness (QED) is 0.847. The Bertz CT molecular complexity index is 765. The average Bonchev–Trinajstić information content (AvgIpc) is 2.49. The SMILES string of the molecule is O=S(=O)(Cc1ccc(F)c(Cl)c1)NCc1cccc(CO)c1. The maximum atomic E-state index is 13.1. The van der Waals surface area contributed by atoms with Crippen LogP contribution in [0.5, 0.6) is 0 Å². The van der Waals surface area contributed by atoms with Crippen molar-refractivity contribution in [2.75, 3.05) is 0 Å². The molecule has 0 aliphatic heterocycles. The Morgan fingerprint density at radius 2 is 1.82 bits per heavy atom. The second-order valence-corrected chi connectivity index (χ2v) is 7.02. The molecule has 7 heteroatoms. The number of hydrogen-bond acceptors (Lipinski definition) is 3. The van der Waals surface area contributed by atoms with Crippen LogP contribution < -0.4 is 4.72 Å². The molecule has 0 amide bonds. The van der Waals surface area contributed by atoms with E-state index in [0.717, 1.165) is 11.6 Å². The van der Waals surface area contributed by atoms with Crippen LogP contribution in [0.1, 0.15) is 16.7 Å². The standard InChI is InChI=1S/C15H15ClFNO3S/c16-14-7-13(4-5-15(14)17)10-22(20,21)18-8-11-2-1-3-12(6-11)9-19/h1-7,18-19H,8-10H2. The van der Waals surface area contributed by atoms with Gasteiger partial charge in [0.2, 0.25) is 10.0 Å². The lowest BCUT2D eigenvalue weighted by molar-refractivity contribution is 0.281. The average molecular weight is 344 g/mol. The van der Waals surface area contributed by atoms with Crippen molar-refractivity contribution >= 4 is 21.6 Å². The van der Waals surface area contributed by atoms with E-state index in [4.69, 9.17) is 16.7 Å². The van der Waals surface area contributed by atoms with Gasteiger partial charge in [-0.15, -0.1) is 0 Å². The lowest BCUT2D eigenvalue weighted by atomic mass is 10.1. The summed E-state index contributed by atoms with van der Waals surface area (Å²) in [4.78, 5) is 0. The number of aliphatic hydroxyl groups excluding tert-OH is 1. The summed E-state index contributed by atoms with van der Waals surface area (Å²) in [5.74, 6) is -0.872. The van der Waals surface area contributed by atoms with E-state index in [1.165, 1.54) is 12.1 Å². The number of rotatable bonds is 6. The van der Waals surface area contributed by atoms with Gasteiger partial charge in [0.25, 0.3) is 0 Å². The van der Waals surface area contributed by atoms with Crippen molar-refractivity contribution < 1.29 is 17.9 Å². The van der Waals surface area contributed by atoms with Gasteiger partial charge in [0.15, 0.2) is 0 Å². The lowest BCUT2D eigenvalue weighted by Gasteiger charge is -2.08. The van der Waals surface area contributed by atoms with E-state index >= 15 is 0 Å². The smallest absolute Gasteiger partial charge is 0.216 e. The van der Waals surface area contributed by atoms with Gasteiger partial charge in [0.1, 0.15) is 5.82 Å². The van der Waals surface area contributed by atoms with E-state index in [-0.39, 0.29) is 23.9 Å². The molecule has 0 radical (unpaired) electrons. The van der Waals surface area contributed by atoms with Crippen LogP contribution in [-0.2, 0) is 28.9 Å². The topological polar surface area (TPSA) is 66.4 Å². The van der Waals surface area contributed by atoms with Crippen molar-refractivity contribution in [3.63, 3.8) is 0 Å². The summed E-state index contributed by atoms with van der Waals surface area (Å²) in [6.07, 6.45) is 0. The molecule has 0 aromatic heterocycles. The molecule has 0 heterocycles. The summed E-state index contributed by atoms with van der Waals surface area (Å²) in [6, 6.07) is 10.8. The first-order chi connectivity index (χ1) is 10.4. The predicted octanol–water partition coefficient (Wildman–Crippen LogP) is 2.59. The molecule has 0 aliphatic carbocycles. The highest BCUT2D eigenvalue weighted by atomic mass is 35.5. The fraction of sp³-hybridized carbons (Fsp3) is 0.200. The van der Waals surface area contributed by atoms with E-state index in [1.54, 1.807) is 24.3 Å². The largest absolute Gasteiger partial charge is 0.392 e. The highest BCUT2D eigenvalue weighted by Crippen LogP contribution is 2.17. The summed E-state index contributed by atoms with van der Waals surface area (Å²) in [5, 5.41) is 8.94. The van der Waals surface area contributed by atoms with Crippen LogP contribution in [-0.4, -0.2) is 13.5 Å². The molecule has 0 spiro atoms. The number of sulfonamides is 1. The molecule has 0 bridgehead atoms. The van der Waals surface area contributed by atoms with Crippen LogP contribution in [0.3, 0.4) is 0 Å². The van der Waals surface area contributed by atoms with Crippen molar-refractivity contribution in [2.24, 2.45) is 0 Å². The van der Waals surface area contributed by atoms with Gasteiger partial charge in [0.05, 0.1) is 17.4 Å². The first kappa shape index (κ1) is 16.9. The summed E-state index contributed by atoms with van der Waals surface area (Å²) in [5.41, 5.74) is 1.86. The zero-order valence-electron chi connectivity index (χ0n) is 11.6. The van der Waals surface area contributed by atoms with Gasteiger partial charge in [-0.1, -0.05) is 41.9 Å². The Morgan fingerprint density at radius 1 is 1.09 bits per heavy atom. The number of halogens is 2. The molecule has 0 aliphatic rings. The summed E-state index contributed by atoms with van der Waals surface area (Å²) in [7, 11) is -3.58. The van der Waals surface area contributed by atoms with Crippen molar-refractivity contribution in [1.29, 1.82) is 0 Å². The molecule has 0 saturated carbocycles. The summed E-state index contributed by atoms with van der Waals surface area (Å²) < 4.78 is 39.6. The first-order valence-electron chi connectivity index (χ1n) is 6.49. The Morgan fingerprint density at radius 3 is 2.50 bits per heavy atom. The van der Waals surface area contributed by atoms with Crippen molar-refractivity contribution in [1.82, 2.24) is 4.72 Å². The van der Waals surface area contributed by atoms with Crippen LogP contribution in [0.4, 0.5) is 4.39 Å². The molecule has 2 rings (SSSR count). The van der Waals surface area contributed by atoms with Crippen LogP contribution in [0.25, 0.3) is 0 Å². The second-order valence-electron chi connectivity index (χ2n) is 4.81. The van der Waals surface area contributed by atoms with Crippen LogP contribution in [0, 0.1) is 5.82 Å². The van der Waals surface area contributed by atoms with Crippen molar-refractivity contribution in [2.45, 2.75) is 18.9 Å². The molecule has 2 N–H and O–H groups in total. The number of aliphatic hydroxyl groups is 1. The summed E-state index contributed by atoms with van der Waals surface area (Å²) in [6.45, 7) is 0.0137. The Kier molecular flexibility index (Phi) is 5.52. The molecule has 22 heavy (non-hydrogen) atoms. The fourth-order valence-corrected chi connectivity index (χ4v) is 3.24. The minimum atomic E-state index is -3.58. The molecule has 0 unspecified atom stereocenters. The number of hydrogen-bond donors (Lipinski definition) is 2. The molecular weight excluding hydrogens is 329 g/mol. The summed E-state index contributed by atoms with van der Waals surface area (Å²) >= 11 is 5.64. The highest BCUT2D eigenvalue weighted by Gasteiger charge is 2.12. The van der Waals surface area contributed by atoms with Gasteiger partial charge >= 0.3 is 0 Å².